The minimum absolute atomic E-state index is 0.0768. The molecule has 4 aromatic rings. The van der Waals surface area contributed by atoms with E-state index in [0.717, 1.165) is 58.7 Å². The Morgan fingerprint density at radius 3 is 2.71 bits per heavy atom. The van der Waals surface area contributed by atoms with Crippen LogP contribution in [0.3, 0.4) is 0 Å². The summed E-state index contributed by atoms with van der Waals surface area (Å²) >= 11 is 0. The van der Waals surface area contributed by atoms with E-state index in [2.05, 4.69) is 78.2 Å². The van der Waals surface area contributed by atoms with Gasteiger partial charge in [-0.2, -0.15) is 0 Å². The molecule has 7 nitrogen and oxygen atoms in total. The van der Waals surface area contributed by atoms with Crippen molar-refractivity contribution in [2.75, 3.05) is 6.54 Å². The number of ketones is 1. The molecule has 3 heterocycles. The molecule has 2 aromatic heterocycles. The number of carbonyl (C=O) groups excluding carboxylic acids is 1. The molecule has 0 unspecified atom stereocenters. The van der Waals surface area contributed by atoms with Gasteiger partial charge in [-0.3, -0.25) is 14.7 Å². The number of carbonyl (C=O) groups is 1. The number of fused-ring (bicyclic) bond motifs is 2. The van der Waals surface area contributed by atoms with Crippen LogP contribution in [0.15, 0.2) is 48.8 Å². The van der Waals surface area contributed by atoms with Gasteiger partial charge in [0.15, 0.2) is 0 Å². The van der Waals surface area contributed by atoms with Crippen molar-refractivity contribution < 1.29 is 9.53 Å². The molecular weight excluding hydrogens is 474 g/mol. The Morgan fingerprint density at radius 1 is 1.16 bits per heavy atom. The molecule has 1 aliphatic heterocycles. The van der Waals surface area contributed by atoms with Crippen molar-refractivity contribution in [3.63, 3.8) is 0 Å². The summed E-state index contributed by atoms with van der Waals surface area (Å²) in [6, 6.07) is 12.8. The lowest BCUT2D eigenvalue weighted by Gasteiger charge is -2.30. The number of Topliss-reactive ketones (excluding diaryl/α,β-unsaturated/α-hetero) is 1. The van der Waals surface area contributed by atoms with E-state index in [-0.39, 0.29) is 23.2 Å². The first-order chi connectivity index (χ1) is 18.0. The van der Waals surface area contributed by atoms with Gasteiger partial charge in [0.05, 0.1) is 5.52 Å². The fraction of sp³-hybridized carbons (Fsp3) is 0.419. The van der Waals surface area contributed by atoms with Crippen molar-refractivity contribution in [3.05, 3.63) is 82.2 Å². The summed E-state index contributed by atoms with van der Waals surface area (Å²) in [5.74, 6) is 0.823. The second-order valence-electron chi connectivity index (χ2n) is 11.4. The Bertz CT molecular complexity index is 1510. The summed E-state index contributed by atoms with van der Waals surface area (Å²) in [4.78, 5) is 19.5. The van der Waals surface area contributed by atoms with Crippen LogP contribution in [0.4, 0.5) is 0 Å². The van der Waals surface area contributed by atoms with Crippen molar-refractivity contribution in [1.82, 2.24) is 24.9 Å². The average Bonchev–Trinajstić information content (AvgIpc) is 3.17. The topological polar surface area (TPSA) is 73.1 Å². The summed E-state index contributed by atoms with van der Waals surface area (Å²) in [7, 11) is 1.90. The van der Waals surface area contributed by atoms with E-state index in [1.54, 1.807) is 17.8 Å². The summed E-state index contributed by atoms with van der Waals surface area (Å²) in [6.45, 7) is 14.6. The van der Waals surface area contributed by atoms with Gasteiger partial charge in [-0.05, 0) is 74.6 Å². The second kappa shape index (κ2) is 9.95. The minimum atomic E-state index is -0.326. The molecule has 0 aliphatic carbocycles. The molecule has 2 aromatic carbocycles. The van der Waals surface area contributed by atoms with Gasteiger partial charge in [0.2, 0.25) is 0 Å². The van der Waals surface area contributed by atoms with E-state index < -0.39 is 0 Å². The minimum Gasteiger partial charge on any atom is -0.486 e. The van der Waals surface area contributed by atoms with Crippen molar-refractivity contribution >= 4 is 16.8 Å². The Hall–Kier alpha value is -3.58. The largest absolute Gasteiger partial charge is 0.486 e. The van der Waals surface area contributed by atoms with E-state index in [1.165, 1.54) is 11.1 Å². The molecule has 0 saturated carbocycles. The van der Waals surface area contributed by atoms with Crippen LogP contribution in [0, 0.1) is 19.8 Å². The lowest BCUT2D eigenvalue weighted by Crippen LogP contribution is -2.40. The zero-order chi connectivity index (χ0) is 27.2. The Balaban J connectivity index is 1.54. The molecule has 7 heteroatoms. The lowest BCUT2D eigenvalue weighted by molar-refractivity contribution is -0.120. The SMILES string of the molecule is CC(=O)[C@@H](C)[C@H](c1ccc(C)c(CN2Cc3cnccc3OC(C)(C)C2)c1)c1ccc2c(nnn2C)c1C. The molecule has 0 spiro atoms. The normalized spacial score (nSPS) is 16.9. The van der Waals surface area contributed by atoms with Gasteiger partial charge in [-0.25, -0.2) is 4.68 Å². The van der Waals surface area contributed by atoms with Gasteiger partial charge in [0.25, 0.3) is 0 Å². The number of aromatic nitrogens is 4. The van der Waals surface area contributed by atoms with Crippen LogP contribution >= 0.6 is 0 Å². The van der Waals surface area contributed by atoms with Crippen LogP contribution in [0.25, 0.3) is 11.0 Å². The number of nitrogens with zero attached hydrogens (tertiary/aromatic N) is 5. The summed E-state index contributed by atoms with van der Waals surface area (Å²) in [6.07, 6.45) is 3.69. The Kier molecular flexibility index (Phi) is 6.82. The number of aryl methyl sites for hydroxylation is 3. The van der Waals surface area contributed by atoms with Crippen molar-refractivity contribution in [1.29, 1.82) is 0 Å². The number of ether oxygens (including phenoxy) is 1. The first kappa shape index (κ1) is 26.0. The van der Waals surface area contributed by atoms with Crippen LogP contribution in [0.1, 0.15) is 67.0 Å². The molecule has 198 valence electrons. The van der Waals surface area contributed by atoms with E-state index in [0.29, 0.717) is 0 Å². The average molecular weight is 512 g/mol. The van der Waals surface area contributed by atoms with Crippen molar-refractivity contribution in [3.8, 4) is 5.75 Å². The maximum Gasteiger partial charge on any atom is 0.133 e. The highest BCUT2D eigenvalue weighted by molar-refractivity contribution is 5.82. The number of hydrogen-bond donors (Lipinski definition) is 0. The monoisotopic (exact) mass is 511 g/mol. The molecule has 1 aliphatic rings. The smallest absolute Gasteiger partial charge is 0.133 e. The predicted octanol–water partition coefficient (Wildman–Crippen LogP) is 5.51. The Labute approximate surface area is 224 Å². The summed E-state index contributed by atoms with van der Waals surface area (Å²) < 4.78 is 8.13. The number of rotatable bonds is 6. The summed E-state index contributed by atoms with van der Waals surface area (Å²) in [5, 5.41) is 8.63. The second-order valence-corrected chi connectivity index (χ2v) is 11.4. The molecule has 2 atom stereocenters. The number of hydrogen-bond acceptors (Lipinski definition) is 6. The molecule has 5 rings (SSSR count). The van der Waals surface area contributed by atoms with Gasteiger partial charge in [0.1, 0.15) is 22.7 Å². The third-order valence-electron chi connectivity index (χ3n) is 7.93. The number of benzene rings is 2. The van der Waals surface area contributed by atoms with E-state index in [4.69, 9.17) is 4.74 Å². The maximum atomic E-state index is 12.7. The molecule has 0 N–H and O–H groups in total. The van der Waals surface area contributed by atoms with Crippen molar-refractivity contribution in [2.45, 2.75) is 66.2 Å². The summed E-state index contributed by atoms with van der Waals surface area (Å²) in [5.41, 5.74) is 8.49. The van der Waals surface area contributed by atoms with E-state index >= 15 is 0 Å². The zero-order valence-corrected chi connectivity index (χ0v) is 23.4. The highest BCUT2D eigenvalue weighted by Gasteiger charge is 2.31. The standard InChI is InChI=1S/C31H37N5O2/c1-19-8-9-23(14-24(19)16-36-17-25-15-32-13-12-28(25)38-31(5,6)18-36)29(20(2)22(4)37)26-10-11-27-30(21(26)3)33-34-35(27)7/h8-15,20,29H,16-18H2,1-7H3/t20-,29-/m1/s1. The van der Waals surface area contributed by atoms with E-state index in [9.17, 15) is 4.79 Å². The van der Waals surface area contributed by atoms with Crippen LogP contribution in [0.2, 0.25) is 0 Å². The first-order valence-corrected chi connectivity index (χ1v) is 13.3. The van der Waals surface area contributed by atoms with Crippen molar-refractivity contribution in [2.24, 2.45) is 13.0 Å². The molecule has 0 amide bonds. The van der Waals surface area contributed by atoms with Gasteiger partial charge in [-0.15, -0.1) is 5.10 Å². The third kappa shape index (κ3) is 4.95. The van der Waals surface area contributed by atoms with Gasteiger partial charge in [0, 0.05) is 56.5 Å². The predicted molar refractivity (Wildman–Crippen MR) is 149 cm³/mol. The highest BCUT2D eigenvalue weighted by Crippen LogP contribution is 2.38. The van der Waals surface area contributed by atoms with Crippen LogP contribution in [0.5, 0.6) is 5.75 Å². The van der Waals surface area contributed by atoms with E-state index in [1.807, 2.05) is 26.2 Å². The van der Waals surface area contributed by atoms with Crippen LogP contribution in [-0.2, 0) is 24.9 Å². The fourth-order valence-electron chi connectivity index (χ4n) is 5.76. The van der Waals surface area contributed by atoms with Gasteiger partial charge in [-0.1, -0.05) is 36.4 Å². The molecule has 0 fully saturated rings. The number of pyridine rings is 1. The molecule has 38 heavy (non-hydrogen) atoms. The Morgan fingerprint density at radius 2 is 1.95 bits per heavy atom. The first-order valence-electron chi connectivity index (χ1n) is 13.3. The fourth-order valence-corrected chi connectivity index (χ4v) is 5.76. The van der Waals surface area contributed by atoms with Crippen LogP contribution in [-0.4, -0.2) is 42.8 Å². The highest BCUT2D eigenvalue weighted by atomic mass is 16.5. The lowest BCUT2D eigenvalue weighted by atomic mass is 9.77. The molecule has 0 bridgehead atoms. The van der Waals surface area contributed by atoms with Crippen LogP contribution < -0.4 is 4.74 Å². The quantitative estimate of drug-likeness (QED) is 0.340. The molecule has 0 radical (unpaired) electrons. The molecular formula is C31H37N5O2. The zero-order valence-electron chi connectivity index (χ0n) is 23.4. The maximum absolute atomic E-state index is 12.7. The third-order valence-corrected chi connectivity index (χ3v) is 7.93. The van der Waals surface area contributed by atoms with Gasteiger partial charge >= 0.3 is 0 Å². The molecule has 0 saturated heterocycles. The van der Waals surface area contributed by atoms with Gasteiger partial charge < -0.3 is 4.74 Å².